The van der Waals surface area contributed by atoms with Crippen molar-refractivity contribution in [2.75, 3.05) is 26.2 Å². The molecule has 0 radical (unpaired) electrons. The first kappa shape index (κ1) is 20.0. The minimum absolute atomic E-state index is 0.0814. The van der Waals surface area contributed by atoms with Crippen molar-refractivity contribution in [2.24, 2.45) is 4.99 Å². The third kappa shape index (κ3) is 3.46. The maximum Gasteiger partial charge on any atom is 0.346 e. The van der Waals surface area contributed by atoms with Crippen molar-refractivity contribution in [1.29, 1.82) is 0 Å². The second-order valence-corrected chi connectivity index (χ2v) is 8.29. The van der Waals surface area contributed by atoms with Crippen LogP contribution in [0.25, 0.3) is 0 Å². The van der Waals surface area contributed by atoms with Crippen molar-refractivity contribution in [1.82, 2.24) is 14.7 Å². The highest BCUT2D eigenvalue weighted by Crippen LogP contribution is 2.44. The van der Waals surface area contributed by atoms with Gasteiger partial charge in [0.15, 0.2) is 0 Å². The summed E-state index contributed by atoms with van der Waals surface area (Å²) < 4.78 is 41.1. The van der Waals surface area contributed by atoms with Crippen molar-refractivity contribution in [3.05, 3.63) is 24.1 Å². The molecule has 0 aromatic rings. The molecule has 4 aliphatic rings. The summed E-state index contributed by atoms with van der Waals surface area (Å²) in [5.41, 5.74) is -0.796. The summed E-state index contributed by atoms with van der Waals surface area (Å²) in [7, 11) is 0. The number of rotatable bonds is 2. The first-order valence-corrected chi connectivity index (χ1v) is 9.98. The zero-order valence-electron chi connectivity index (χ0n) is 16.7. The lowest BCUT2D eigenvalue weighted by Gasteiger charge is -2.53. The molecular weight excluding hydrogens is 381 g/mol. The Morgan fingerprint density at radius 1 is 1.34 bits per heavy atom. The molecule has 156 valence electrons. The van der Waals surface area contributed by atoms with Crippen LogP contribution in [0.3, 0.4) is 0 Å². The van der Waals surface area contributed by atoms with Crippen molar-refractivity contribution >= 4 is 11.9 Å². The standard InChI is InChI=1S/C21H25F3N4O/c1-3-4-9-26-10-8-20(12-15(26)2)18(27-13-21(23,24)14-27)25-19(29)28(20)17-7-5-6-16(22)11-17/h5-6,11,15,17H,7-10,12-14H2,1-2H3/t15-,17?,20+/m0/s1. The number of amides is 2. The lowest BCUT2D eigenvalue weighted by atomic mass is 9.79. The van der Waals surface area contributed by atoms with E-state index in [1.807, 2.05) is 0 Å². The number of allylic oxidation sites excluding steroid dienone is 2. The van der Waals surface area contributed by atoms with Crippen molar-refractivity contribution in [2.45, 2.75) is 56.7 Å². The Bertz CT molecular complexity index is 848. The molecule has 2 fully saturated rings. The van der Waals surface area contributed by atoms with E-state index in [1.165, 1.54) is 17.1 Å². The molecule has 29 heavy (non-hydrogen) atoms. The van der Waals surface area contributed by atoms with Crippen LogP contribution in [0.15, 0.2) is 29.0 Å². The zero-order chi connectivity index (χ0) is 20.8. The van der Waals surface area contributed by atoms with E-state index in [0.29, 0.717) is 38.2 Å². The van der Waals surface area contributed by atoms with Crippen LogP contribution in [-0.4, -0.2) is 76.3 Å². The van der Waals surface area contributed by atoms with Crippen molar-refractivity contribution in [3.8, 4) is 11.8 Å². The van der Waals surface area contributed by atoms with Gasteiger partial charge in [0.25, 0.3) is 5.92 Å². The quantitative estimate of drug-likeness (QED) is 0.661. The van der Waals surface area contributed by atoms with Gasteiger partial charge in [-0.05, 0) is 45.3 Å². The number of urea groups is 1. The maximum atomic E-state index is 13.9. The first-order valence-electron chi connectivity index (χ1n) is 9.98. The Morgan fingerprint density at radius 2 is 2.10 bits per heavy atom. The number of hydrogen-bond acceptors (Lipinski definition) is 3. The van der Waals surface area contributed by atoms with Gasteiger partial charge in [-0.2, -0.15) is 4.99 Å². The third-order valence-corrected chi connectivity index (χ3v) is 6.29. The highest BCUT2D eigenvalue weighted by atomic mass is 19.3. The molecule has 8 heteroatoms. The normalized spacial score (nSPS) is 33.9. The summed E-state index contributed by atoms with van der Waals surface area (Å²) in [6.07, 6.45) is 6.12. The van der Waals surface area contributed by atoms with Gasteiger partial charge in [0.1, 0.15) is 17.2 Å². The number of alkyl halides is 2. The topological polar surface area (TPSA) is 39.1 Å². The molecule has 1 spiro atoms. The van der Waals surface area contributed by atoms with Gasteiger partial charge in [0.05, 0.1) is 25.7 Å². The van der Waals surface area contributed by atoms with Crippen LogP contribution in [0.1, 0.15) is 33.1 Å². The Labute approximate surface area is 168 Å². The van der Waals surface area contributed by atoms with E-state index in [9.17, 15) is 18.0 Å². The summed E-state index contributed by atoms with van der Waals surface area (Å²) >= 11 is 0. The van der Waals surface area contributed by atoms with E-state index in [1.54, 1.807) is 17.9 Å². The molecule has 2 saturated heterocycles. The van der Waals surface area contributed by atoms with Gasteiger partial charge in [-0.1, -0.05) is 12.0 Å². The predicted octanol–water partition coefficient (Wildman–Crippen LogP) is 3.20. The average Bonchev–Trinajstić information content (AvgIpc) is 2.90. The van der Waals surface area contributed by atoms with E-state index < -0.39 is 42.5 Å². The molecular formula is C21H25F3N4O. The second-order valence-electron chi connectivity index (χ2n) is 8.29. The number of carbonyl (C=O) groups is 1. The Morgan fingerprint density at radius 3 is 2.72 bits per heavy atom. The largest absolute Gasteiger partial charge is 0.346 e. The number of halogens is 3. The van der Waals surface area contributed by atoms with Gasteiger partial charge < -0.3 is 9.80 Å². The second kappa shape index (κ2) is 7.21. The van der Waals surface area contributed by atoms with Crippen LogP contribution >= 0.6 is 0 Å². The zero-order valence-corrected chi connectivity index (χ0v) is 16.7. The number of aliphatic imine (C=N–C) groups is 1. The molecule has 5 nitrogen and oxygen atoms in total. The van der Waals surface area contributed by atoms with E-state index >= 15 is 0 Å². The highest BCUT2D eigenvalue weighted by molar-refractivity contribution is 6.07. The van der Waals surface area contributed by atoms with Crippen LogP contribution in [0.4, 0.5) is 18.0 Å². The Hall–Kier alpha value is -2.27. The predicted molar refractivity (Wildman–Crippen MR) is 104 cm³/mol. The number of amidine groups is 1. The monoisotopic (exact) mass is 406 g/mol. The summed E-state index contributed by atoms with van der Waals surface area (Å²) in [5, 5.41) is 0. The Kier molecular flexibility index (Phi) is 4.97. The number of likely N-dealkylation sites (tertiary alicyclic amines) is 2. The third-order valence-electron chi connectivity index (χ3n) is 6.29. The molecule has 3 aliphatic heterocycles. The highest BCUT2D eigenvalue weighted by Gasteiger charge is 2.59. The number of nitrogens with zero attached hydrogens (tertiary/aromatic N) is 4. The van der Waals surface area contributed by atoms with Gasteiger partial charge in [-0.25, -0.2) is 18.0 Å². The minimum atomic E-state index is -2.76. The molecule has 3 atom stereocenters. The van der Waals surface area contributed by atoms with Crippen molar-refractivity contribution < 1.29 is 18.0 Å². The molecule has 0 N–H and O–H groups in total. The van der Waals surface area contributed by atoms with E-state index in [0.717, 1.165) is 0 Å². The lowest BCUT2D eigenvalue weighted by Crippen LogP contribution is -2.69. The summed E-state index contributed by atoms with van der Waals surface area (Å²) in [5.74, 6) is 3.23. The van der Waals surface area contributed by atoms with Crippen LogP contribution in [0.5, 0.6) is 0 Å². The molecule has 4 rings (SSSR count). The van der Waals surface area contributed by atoms with Crippen LogP contribution in [0, 0.1) is 11.8 Å². The SMILES string of the molecule is CC#CCN1CC[C@@]2(C[C@@H]1C)C(N1CC(F)(F)C1)=NC(=O)N2C1C=C(F)C=CC1. The summed E-state index contributed by atoms with van der Waals surface area (Å²) in [4.78, 5) is 22.6. The fourth-order valence-corrected chi connectivity index (χ4v) is 4.94. The van der Waals surface area contributed by atoms with Crippen LogP contribution in [0.2, 0.25) is 0 Å². The van der Waals surface area contributed by atoms with E-state index in [-0.39, 0.29) is 6.04 Å². The molecule has 1 unspecified atom stereocenters. The minimum Gasteiger partial charge on any atom is -0.346 e. The molecule has 0 saturated carbocycles. The molecule has 2 amide bonds. The number of carbonyl (C=O) groups excluding carboxylic acids is 1. The van der Waals surface area contributed by atoms with Gasteiger partial charge in [-0.3, -0.25) is 4.90 Å². The van der Waals surface area contributed by atoms with Gasteiger partial charge >= 0.3 is 6.03 Å². The van der Waals surface area contributed by atoms with Gasteiger partial charge in [0, 0.05) is 12.6 Å². The number of hydrogen-bond donors (Lipinski definition) is 0. The fourth-order valence-electron chi connectivity index (χ4n) is 4.94. The number of piperidine rings is 1. The lowest BCUT2D eigenvalue weighted by molar-refractivity contribution is -0.105. The maximum absolute atomic E-state index is 13.9. The van der Waals surface area contributed by atoms with Gasteiger partial charge in [-0.15, -0.1) is 5.92 Å². The van der Waals surface area contributed by atoms with Crippen LogP contribution < -0.4 is 0 Å². The molecule has 0 aromatic heterocycles. The molecule has 0 bridgehead atoms. The molecule has 1 aliphatic carbocycles. The smallest absolute Gasteiger partial charge is 0.346 e. The summed E-state index contributed by atoms with van der Waals surface area (Å²) in [6, 6.07) is -0.851. The van der Waals surface area contributed by atoms with E-state index in [4.69, 9.17) is 0 Å². The summed E-state index contributed by atoms with van der Waals surface area (Å²) in [6.45, 7) is 4.28. The van der Waals surface area contributed by atoms with Gasteiger partial charge in [0.2, 0.25) is 0 Å². The van der Waals surface area contributed by atoms with Crippen LogP contribution in [-0.2, 0) is 0 Å². The first-order chi connectivity index (χ1) is 13.8. The molecule has 0 aromatic carbocycles. The van der Waals surface area contributed by atoms with Crippen molar-refractivity contribution in [3.63, 3.8) is 0 Å². The molecule has 3 heterocycles. The van der Waals surface area contributed by atoms with E-state index in [2.05, 4.69) is 28.7 Å². The Balaban J connectivity index is 1.66. The average molecular weight is 406 g/mol. The fraction of sp³-hybridized carbons (Fsp3) is 0.619.